The van der Waals surface area contributed by atoms with E-state index in [4.69, 9.17) is 4.74 Å². The maximum atomic E-state index is 10.4. The van der Waals surface area contributed by atoms with Crippen molar-refractivity contribution in [1.29, 1.82) is 0 Å². The van der Waals surface area contributed by atoms with Gasteiger partial charge in [0.2, 0.25) is 0 Å². The van der Waals surface area contributed by atoms with Crippen LogP contribution >= 0.6 is 0 Å². The fourth-order valence-corrected chi connectivity index (χ4v) is 0.821. The zero-order valence-corrected chi connectivity index (χ0v) is 7.52. The molecule has 13 heavy (non-hydrogen) atoms. The Labute approximate surface area is 76.2 Å². The van der Waals surface area contributed by atoms with Crippen LogP contribution in [0.3, 0.4) is 0 Å². The van der Waals surface area contributed by atoms with Gasteiger partial charge >= 0.3 is 0 Å². The van der Waals surface area contributed by atoms with E-state index in [9.17, 15) is 5.21 Å². The molecule has 0 saturated heterocycles. The molecule has 5 heteroatoms. The first kappa shape index (κ1) is 9.31. The topological polar surface area (TPSA) is 59.7 Å². The molecule has 1 N–H and O–H groups in total. The predicted molar refractivity (Wildman–Crippen MR) is 48.6 cm³/mol. The highest BCUT2D eigenvalue weighted by Gasteiger charge is 1.97. The number of hydrogen-bond acceptors (Lipinski definition) is 3. The summed E-state index contributed by atoms with van der Waals surface area (Å²) in [5.74, 6) is 0.716. The first-order chi connectivity index (χ1) is 6.22. The largest absolute Gasteiger partial charge is 0.696 e. The van der Waals surface area contributed by atoms with E-state index in [2.05, 4.69) is 10.6 Å². The lowest BCUT2D eigenvalue weighted by atomic mass is 10.3. The van der Waals surface area contributed by atoms with Crippen molar-refractivity contribution in [2.24, 2.45) is 5.22 Å². The second-order valence-corrected chi connectivity index (χ2v) is 2.41. The molecule has 0 aliphatic rings. The molecule has 0 unspecified atom stereocenters. The molecule has 0 aliphatic carbocycles. The van der Waals surface area contributed by atoms with Gasteiger partial charge in [0.05, 0.1) is 12.3 Å². The van der Waals surface area contributed by atoms with Gasteiger partial charge in [-0.1, -0.05) is 6.07 Å². The first-order valence-electron chi connectivity index (χ1n) is 3.74. The van der Waals surface area contributed by atoms with Crippen LogP contribution in [0.25, 0.3) is 0 Å². The third-order valence-electron chi connectivity index (χ3n) is 1.39. The molecular weight excluding hydrogens is 170 g/mol. The third kappa shape index (κ3) is 2.98. The molecule has 70 valence electrons. The molecule has 0 spiro atoms. The Morgan fingerprint density at radius 2 is 2.31 bits per heavy atom. The Hall–Kier alpha value is -1.78. The molecule has 0 aromatic heterocycles. The summed E-state index contributed by atoms with van der Waals surface area (Å²) in [5, 5.41) is 13.9. The molecule has 5 nitrogen and oxygen atoms in total. The average Bonchev–Trinajstić information content (AvgIpc) is 2.15. The number of rotatable bonds is 3. The van der Waals surface area contributed by atoms with E-state index in [-0.39, 0.29) is 0 Å². The quantitative estimate of drug-likeness (QED) is 0.438. The van der Waals surface area contributed by atoms with Gasteiger partial charge in [-0.3, -0.25) is 0 Å². The molecule has 0 saturated carbocycles. The van der Waals surface area contributed by atoms with Crippen LogP contribution in [-0.2, 0) is 0 Å². The Bertz CT molecular complexity index is 308. The number of hydroxylamine groups is 1. The minimum absolute atomic E-state index is 0.444. The summed E-state index contributed by atoms with van der Waals surface area (Å²) < 4.78 is 4.99. The number of methoxy groups -OCH3 is 1. The van der Waals surface area contributed by atoms with Gasteiger partial charge in [0.25, 0.3) is 0 Å². The van der Waals surface area contributed by atoms with Crippen molar-refractivity contribution < 1.29 is 9.60 Å². The van der Waals surface area contributed by atoms with E-state index < -0.39 is 0 Å². The smallest absolute Gasteiger partial charge is 0.150 e. The Morgan fingerprint density at radius 3 is 2.92 bits per heavy atom. The van der Waals surface area contributed by atoms with Crippen LogP contribution in [-0.4, -0.2) is 19.0 Å². The fraction of sp³-hybridized carbons (Fsp3) is 0.250. The first-order valence-corrected chi connectivity index (χ1v) is 3.74. The molecule has 0 atom stereocenters. The van der Waals surface area contributed by atoms with Crippen LogP contribution in [0, 0.1) is 5.21 Å². The molecule has 0 amide bonds. The second-order valence-electron chi connectivity index (χ2n) is 2.41. The van der Waals surface area contributed by atoms with Gasteiger partial charge in [0, 0.05) is 6.07 Å². The number of nitrogens with zero attached hydrogens (tertiary/aromatic N) is 2. The summed E-state index contributed by atoms with van der Waals surface area (Å²) in [5.41, 5.74) is 3.29. The molecule has 1 rings (SSSR count). The maximum Gasteiger partial charge on any atom is 0.150 e. The van der Waals surface area contributed by atoms with Gasteiger partial charge in [0.1, 0.15) is 12.8 Å². The van der Waals surface area contributed by atoms with Crippen LogP contribution in [0.1, 0.15) is 0 Å². The second kappa shape index (κ2) is 4.30. The summed E-state index contributed by atoms with van der Waals surface area (Å²) in [6, 6.07) is 7.15. The molecule has 0 aliphatic heterocycles. The van der Waals surface area contributed by atoms with Crippen molar-refractivity contribution in [2.75, 3.05) is 19.6 Å². The molecule has 0 heterocycles. The average molecular weight is 181 g/mol. The summed E-state index contributed by atoms with van der Waals surface area (Å²) in [4.78, 5) is 0.444. The van der Waals surface area contributed by atoms with Crippen molar-refractivity contribution in [2.45, 2.75) is 0 Å². The van der Waals surface area contributed by atoms with Crippen LogP contribution in [0.2, 0.25) is 0 Å². The SMILES string of the molecule is COc1cccc(N/N=[N+](/C)[O-])c1. The summed E-state index contributed by atoms with van der Waals surface area (Å²) in [7, 11) is 2.88. The fourth-order valence-electron chi connectivity index (χ4n) is 0.821. The van der Waals surface area contributed by atoms with Gasteiger partial charge < -0.3 is 9.94 Å². The minimum Gasteiger partial charge on any atom is -0.696 e. The van der Waals surface area contributed by atoms with Crippen molar-refractivity contribution >= 4 is 5.69 Å². The molecular formula is C8H11N3O2. The number of anilines is 1. The van der Waals surface area contributed by atoms with Gasteiger partial charge in [-0.05, 0) is 12.1 Å². The number of hydrogen-bond donors (Lipinski definition) is 1. The van der Waals surface area contributed by atoms with Crippen molar-refractivity contribution in [3.05, 3.63) is 29.5 Å². The molecule has 1 aromatic carbocycles. The minimum atomic E-state index is 0.444. The van der Waals surface area contributed by atoms with E-state index >= 15 is 0 Å². The van der Waals surface area contributed by atoms with Crippen molar-refractivity contribution in [3.63, 3.8) is 0 Å². The van der Waals surface area contributed by atoms with Crippen LogP contribution in [0.15, 0.2) is 29.5 Å². The van der Waals surface area contributed by atoms with Crippen LogP contribution in [0.4, 0.5) is 5.69 Å². The Kier molecular flexibility index (Phi) is 3.08. The standard InChI is InChI=1S/C8H11N3O2/c1-11(12)10-9-7-4-3-5-8(6-7)13-2/h3-6,9H,1-2H3/b11-10-. The Balaban J connectivity index is 2.72. The van der Waals surface area contributed by atoms with E-state index in [1.807, 2.05) is 12.1 Å². The van der Waals surface area contributed by atoms with E-state index in [1.54, 1.807) is 19.2 Å². The summed E-state index contributed by atoms with van der Waals surface area (Å²) in [6.45, 7) is 0. The number of nitrogens with one attached hydrogen (secondary N) is 1. The van der Waals surface area contributed by atoms with E-state index in [0.29, 0.717) is 16.3 Å². The summed E-state index contributed by atoms with van der Waals surface area (Å²) >= 11 is 0. The normalized spacial score (nSPS) is 11.1. The maximum absolute atomic E-state index is 10.4. The van der Waals surface area contributed by atoms with Crippen LogP contribution < -0.4 is 10.2 Å². The van der Waals surface area contributed by atoms with Crippen molar-refractivity contribution in [3.8, 4) is 5.75 Å². The van der Waals surface area contributed by atoms with Gasteiger partial charge in [-0.2, -0.15) is 4.86 Å². The van der Waals surface area contributed by atoms with Gasteiger partial charge in [0.15, 0.2) is 5.69 Å². The molecule has 1 aromatic rings. The van der Waals surface area contributed by atoms with Gasteiger partial charge in [-0.15, -0.1) is 5.43 Å². The van der Waals surface area contributed by atoms with Gasteiger partial charge in [-0.25, -0.2) is 0 Å². The van der Waals surface area contributed by atoms with Crippen LogP contribution in [0.5, 0.6) is 5.75 Å². The number of ether oxygens (including phenoxy) is 1. The lowest BCUT2D eigenvalue weighted by molar-refractivity contribution is -0.497. The predicted octanol–water partition coefficient (Wildman–Crippen LogP) is 1.61. The van der Waals surface area contributed by atoms with E-state index in [1.165, 1.54) is 7.05 Å². The Morgan fingerprint density at radius 1 is 1.54 bits per heavy atom. The monoisotopic (exact) mass is 181 g/mol. The lowest BCUT2D eigenvalue weighted by Gasteiger charge is -2.00. The molecule has 0 fully saturated rings. The highest BCUT2D eigenvalue weighted by Crippen LogP contribution is 2.16. The molecule has 0 bridgehead atoms. The highest BCUT2D eigenvalue weighted by molar-refractivity contribution is 5.47. The van der Waals surface area contributed by atoms with Crippen molar-refractivity contribution in [1.82, 2.24) is 0 Å². The third-order valence-corrected chi connectivity index (χ3v) is 1.39. The lowest BCUT2D eigenvalue weighted by Crippen LogP contribution is -1.96. The molecule has 0 radical (unpaired) electrons. The highest BCUT2D eigenvalue weighted by atomic mass is 16.5. The van der Waals surface area contributed by atoms with E-state index in [0.717, 1.165) is 0 Å². The number of benzene rings is 1. The zero-order chi connectivity index (χ0) is 9.68. The zero-order valence-electron chi connectivity index (χ0n) is 7.52. The summed E-state index contributed by atoms with van der Waals surface area (Å²) in [6.07, 6.45) is 0.